The molecule has 2 aliphatic rings. The van der Waals surface area contributed by atoms with Crippen LogP contribution in [0.25, 0.3) is 0 Å². The van der Waals surface area contributed by atoms with E-state index in [1.807, 2.05) is 6.92 Å². The monoisotopic (exact) mass is 239 g/mol. The van der Waals surface area contributed by atoms with Gasteiger partial charge in [0.25, 0.3) is 0 Å². The van der Waals surface area contributed by atoms with Crippen LogP contribution in [0.4, 0.5) is 0 Å². The van der Waals surface area contributed by atoms with Gasteiger partial charge in [0.1, 0.15) is 5.78 Å². The molecule has 17 heavy (non-hydrogen) atoms. The van der Waals surface area contributed by atoms with Gasteiger partial charge in [-0.2, -0.15) is 0 Å². The lowest BCUT2D eigenvalue weighted by Gasteiger charge is -2.32. The topological polar surface area (TPSA) is 29.5 Å². The van der Waals surface area contributed by atoms with Crippen molar-refractivity contribution in [3.05, 3.63) is 0 Å². The number of Topliss-reactive ketones (excluding diaryl/α,β-unsaturated/α-hetero) is 1. The van der Waals surface area contributed by atoms with E-state index in [0.717, 1.165) is 45.6 Å². The van der Waals surface area contributed by atoms with Crippen molar-refractivity contribution in [1.82, 2.24) is 4.90 Å². The normalized spacial score (nSPS) is 31.0. The summed E-state index contributed by atoms with van der Waals surface area (Å²) >= 11 is 0. The highest BCUT2D eigenvalue weighted by Crippen LogP contribution is 2.32. The van der Waals surface area contributed by atoms with Crippen LogP contribution in [0.2, 0.25) is 0 Å². The van der Waals surface area contributed by atoms with Gasteiger partial charge in [0.05, 0.1) is 6.61 Å². The van der Waals surface area contributed by atoms with Crippen LogP contribution in [0, 0.1) is 5.92 Å². The predicted molar refractivity (Wildman–Crippen MR) is 68.1 cm³/mol. The van der Waals surface area contributed by atoms with Crippen LogP contribution in [0.5, 0.6) is 0 Å². The van der Waals surface area contributed by atoms with Gasteiger partial charge < -0.3 is 4.74 Å². The molecule has 3 nitrogen and oxygen atoms in total. The lowest BCUT2D eigenvalue weighted by molar-refractivity contribution is -0.126. The fraction of sp³-hybridized carbons (Fsp3) is 0.929. The fourth-order valence-electron chi connectivity index (χ4n) is 3.33. The molecular weight excluding hydrogens is 214 g/mol. The van der Waals surface area contributed by atoms with E-state index in [1.54, 1.807) is 0 Å². The maximum Gasteiger partial charge on any atom is 0.137 e. The average molecular weight is 239 g/mol. The van der Waals surface area contributed by atoms with Crippen molar-refractivity contribution in [2.45, 2.75) is 51.5 Å². The van der Waals surface area contributed by atoms with Crippen molar-refractivity contribution in [2.24, 2.45) is 5.92 Å². The van der Waals surface area contributed by atoms with E-state index in [-0.39, 0.29) is 0 Å². The van der Waals surface area contributed by atoms with Crippen LogP contribution in [-0.2, 0) is 9.53 Å². The molecule has 1 saturated carbocycles. The molecule has 0 aromatic carbocycles. The van der Waals surface area contributed by atoms with Gasteiger partial charge in [-0.15, -0.1) is 0 Å². The fourth-order valence-corrected chi connectivity index (χ4v) is 3.33. The summed E-state index contributed by atoms with van der Waals surface area (Å²) in [6.45, 7) is 5.80. The third kappa shape index (κ3) is 3.29. The third-order valence-electron chi connectivity index (χ3n) is 4.21. The zero-order chi connectivity index (χ0) is 12.1. The van der Waals surface area contributed by atoms with Crippen LogP contribution < -0.4 is 0 Å². The molecule has 98 valence electrons. The first-order valence-electron chi connectivity index (χ1n) is 7.17. The highest BCUT2D eigenvalue weighted by molar-refractivity contribution is 5.82. The van der Waals surface area contributed by atoms with E-state index in [0.29, 0.717) is 17.7 Å². The number of nitrogens with zero attached hydrogens (tertiary/aromatic N) is 1. The molecule has 0 spiro atoms. The molecule has 2 atom stereocenters. The first kappa shape index (κ1) is 13.0. The Morgan fingerprint density at radius 1 is 1.29 bits per heavy atom. The van der Waals surface area contributed by atoms with Gasteiger partial charge in [0.2, 0.25) is 0 Å². The molecule has 0 radical (unpaired) electrons. The predicted octanol–water partition coefficient (Wildman–Crippen LogP) is 2.25. The van der Waals surface area contributed by atoms with Gasteiger partial charge >= 0.3 is 0 Å². The van der Waals surface area contributed by atoms with Crippen LogP contribution in [0.3, 0.4) is 0 Å². The van der Waals surface area contributed by atoms with E-state index >= 15 is 0 Å². The highest BCUT2D eigenvalue weighted by atomic mass is 16.5. The van der Waals surface area contributed by atoms with Crippen LogP contribution >= 0.6 is 0 Å². The quantitative estimate of drug-likeness (QED) is 0.689. The molecular formula is C14H25NO2. The van der Waals surface area contributed by atoms with Crippen molar-refractivity contribution in [2.75, 3.05) is 26.3 Å². The SMILES string of the molecule is CCOCCN1CCCC1C1CCCCC1=O. The number of likely N-dealkylation sites (tertiary alicyclic amines) is 1. The highest BCUT2D eigenvalue weighted by Gasteiger charge is 2.36. The van der Waals surface area contributed by atoms with Gasteiger partial charge in [-0.3, -0.25) is 9.69 Å². The molecule has 0 amide bonds. The number of ether oxygens (including phenoxy) is 1. The van der Waals surface area contributed by atoms with E-state index in [2.05, 4.69) is 4.90 Å². The van der Waals surface area contributed by atoms with Crippen molar-refractivity contribution < 1.29 is 9.53 Å². The number of rotatable bonds is 5. The lowest BCUT2D eigenvalue weighted by atomic mass is 9.82. The molecule has 0 N–H and O–H groups in total. The Bertz CT molecular complexity index is 255. The minimum Gasteiger partial charge on any atom is -0.380 e. The zero-order valence-electron chi connectivity index (χ0n) is 11.0. The molecule has 1 saturated heterocycles. The maximum atomic E-state index is 12.0. The summed E-state index contributed by atoms with van der Waals surface area (Å²) in [6.07, 6.45) is 6.76. The Hall–Kier alpha value is -0.410. The Morgan fingerprint density at radius 3 is 2.94 bits per heavy atom. The largest absolute Gasteiger partial charge is 0.380 e. The van der Waals surface area contributed by atoms with Gasteiger partial charge in [-0.05, 0) is 39.2 Å². The first-order chi connectivity index (χ1) is 8.33. The lowest BCUT2D eigenvalue weighted by Crippen LogP contribution is -2.42. The Morgan fingerprint density at radius 2 is 2.18 bits per heavy atom. The second-order valence-electron chi connectivity index (χ2n) is 5.26. The molecule has 3 heteroatoms. The molecule has 0 aromatic heterocycles. The number of ketones is 1. The summed E-state index contributed by atoms with van der Waals surface area (Å²) in [5.74, 6) is 0.845. The molecule has 1 heterocycles. The minimum atomic E-state index is 0.327. The van der Waals surface area contributed by atoms with Crippen LogP contribution in [-0.4, -0.2) is 43.0 Å². The first-order valence-corrected chi connectivity index (χ1v) is 7.17. The summed E-state index contributed by atoms with van der Waals surface area (Å²) in [5.41, 5.74) is 0. The standard InChI is InChI=1S/C14H25NO2/c1-2-17-11-10-15-9-5-7-13(15)12-6-3-4-8-14(12)16/h12-13H,2-11H2,1H3. The molecule has 1 aliphatic heterocycles. The summed E-state index contributed by atoms with van der Waals surface area (Å²) in [4.78, 5) is 14.5. The van der Waals surface area contributed by atoms with Crippen molar-refractivity contribution >= 4 is 5.78 Å². The second-order valence-corrected chi connectivity index (χ2v) is 5.26. The maximum absolute atomic E-state index is 12.0. The smallest absolute Gasteiger partial charge is 0.137 e. The van der Waals surface area contributed by atoms with E-state index in [9.17, 15) is 4.79 Å². The van der Waals surface area contributed by atoms with Crippen LogP contribution in [0.15, 0.2) is 0 Å². The van der Waals surface area contributed by atoms with Gasteiger partial charge in [0.15, 0.2) is 0 Å². The van der Waals surface area contributed by atoms with E-state index in [4.69, 9.17) is 4.74 Å². The van der Waals surface area contributed by atoms with Gasteiger partial charge in [0, 0.05) is 31.5 Å². The minimum absolute atomic E-state index is 0.327. The average Bonchev–Trinajstić information content (AvgIpc) is 2.78. The van der Waals surface area contributed by atoms with Gasteiger partial charge in [-0.25, -0.2) is 0 Å². The molecule has 2 unspecified atom stereocenters. The Balaban J connectivity index is 1.86. The van der Waals surface area contributed by atoms with Crippen molar-refractivity contribution in [3.63, 3.8) is 0 Å². The summed E-state index contributed by atoms with van der Waals surface area (Å²) < 4.78 is 5.43. The van der Waals surface area contributed by atoms with Crippen molar-refractivity contribution in [1.29, 1.82) is 0 Å². The number of carbonyl (C=O) groups is 1. The second kappa shape index (κ2) is 6.50. The number of hydrogen-bond acceptors (Lipinski definition) is 3. The summed E-state index contributed by atoms with van der Waals surface area (Å²) in [6, 6.07) is 0.517. The molecule has 1 aliphatic carbocycles. The van der Waals surface area contributed by atoms with Gasteiger partial charge in [-0.1, -0.05) is 6.42 Å². The Labute approximate surface area is 105 Å². The summed E-state index contributed by atoms with van der Waals surface area (Å²) in [7, 11) is 0. The van der Waals surface area contributed by atoms with Crippen LogP contribution in [0.1, 0.15) is 45.4 Å². The molecule has 2 fully saturated rings. The summed E-state index contributed by atoms with van der Waals surface area (Å²) in [5, 5.41) is 0. The molecule has 2 rings (SSSR count). The number of carbonyl (C=O) groups excluding carboxylic acids is 1. The van der Waals surface area contributed by atoms with Crippen molar-refractivity contribution in [3.8, 4) is 0 Å². The van der Waals surface area contributed by atoms with E-state index < -0.39 is 0 Å². The Kier molecular flexibility index (Phi) is 4.99. The number of hydrogen-bond donors (Lipinski definition) is 0. The zero-order valence-corrected chi connectivity index (χ0v) is 11.0. The third-order valence-corrected chi connectivity index (χ3v) is 4.21. The molecule has 0 bridgehead atoms. The van der Waals surface area contributed by atoms with E-state index in [1.165, 1.54) is 19.3 Å². The molecule has 0 aromatic rings.